The molecule has 3 aliphatic rings. The zero-order chi connectivity index (χ0) is 43.6. The van der Waals surface area contributed by atoms with Crippen LogP contribution in [0.2, 0.25) is 6.55 Å². The summed E-state index contributed by atoms with van der Waals surface area (Å²) < 4.78 is 14.4. The predicted octanol–water partition coefficient (Wildman–Crippen LogP) is 11.9. The van der Waals surface area contributed by atoms with Gasteiger partial charge in [-0.15, -0.1) is 0 Å². The number of rotatable bonds is 3. The Bertz CT molecular complexity index is 3430. The van der Waals surface area contributed by atoms with Crippen molar-refractivity contribution in [1.82, 2.24) is 0 Å². The number of fused-ring (bicyclic) bond motifs is 6. The highest BCUT2D eigenvalue weighted by Gasteiger charge is 2.54. The Morgan fingerprint density at radius 2 is 0.828 bits per heavy atom. The van der Waals surface area contributed by atoms with Crippen LogP contribution < -0.4 is 41.7 Å². The molecule has 0 saturated carbocycles. The maximum atomic E-state index is 7.21. The predicted molar refractivity (Wildman–Crippen MR) is 274 cm³/mol. The lowest BCUT2D eigenvalue weighted by Crippen LogP contribution is -2.83. The van der Waals surface area contributed by atoms with Crippen molar-refractivity contribution >= 4 is 125 Å². The van der Waals surface area contributed by atoms with Crippen LogP contribution in [0.15, 0.2) is 160 Å². The Balaban J connectivity index is 1.17. The van der Waals surface area contributed by atoms with Crippen LogP contribution in [0.25, 0.3) is 43.9 Å². The largest absolute Gasteiger partial charge is 0.454 e. The number of benzene rings is 8. The van der Waals surface area contributed by atoms with Crippen LogP contribution in [-0.4, -0.2) is 14.8 Å². The van der Waals surface area contributed by atoms with Crippen molar-refractivity contribution in [3.05, 3.63) is 168 Å². The van der Waals surface area contributed by atoms with E-state index in [0.717, 1.165) is 55.3 Å². The standard InChI is InChI=1S/C58H49BN2O2Si/c1-34-32-46-50-47(33-34)61(45-29-15-23-39-37-21-13-25-41(58(5,6)7)54(37)63-56(39)45)43-27-17-31-49-52(43)59(50)51-42(26-16-30-48(51)64(49,8)35-18-10-9-11-19-35)60(46)44-28-14-22-38-36-20-12-24-40(57(2,3)4)53(36)62-55(38)44/h9-33H,1-8H3. The fraction of sp³-hybridized carbons (Fsp3) is 0.172. The third-order valence-electron chi connectivity index (χ3n) is 14.8. The van der Waals surface area contributed by atoms with Crippen LogP contribution in [0.5, 0.6) is 0 Å². The number of nitrogens with zero attached hydrogens (tertiary/aromatic N) is 2. The second kappa shape index (κ2) is 12.7. The van der Waals surface area contributed by atoms with Crippen molar-refractivity contribution in [2.45, 2.75) is 65.8 Å². The summed E-state index contributed by atoms with van der Waals surface area (Å²) in [4.78, 5) is 5.11. The molecule has 0 saturated heterocycles. The second-order valence-electron chi connectivity index (χ2n) is 20.7. The van der Waals surface area contributed by atoms with Gasteiger partial charge in [0.25, 0.3) is 6.71 Å². The molecule has 0 radical (unpaired) electrons. The summed E-state index contributed by atoms with van der Waals surface area (Å²) in [5.74, 6) is 0. The third kappa shape index (κ3) is 4.84. The minimum atomic E-state index is -2.62. The van der Waals surface area contributed by atoms with Gasteiger partial charge in [-0.1, -0.05) is 174 Å². The van der Waals surface area contributed by atoms with Gasteiger partial charge in [0, 0.05) is 55.4 Å². The van der Waals surface area contributed by atoms with Crippen molar-refractivity contribution < 1.29 is 8.83 Å². The third-order valence-corrected chi connectivity index (χ3v) is 19.3. The van der Waals surface area contributed by atoms with E-state index in [1.165, 1.54) is 71.4 Å². The summed E-state index contributed by atoms with van der Waals surface area (Å²) in [6, 6.07) is 57.2. The SMILES string of the molecule is Cc1cc2c3c(c1)N(c1cccc4c1oc1c(C(C)(C)C)cccc14)c1cccc4c1B3c1c(cccc1[Si]4(C)c1ccccc1)N2c1cccc2c1oc1c(C(C)(C)C)cccc12. The number of anilines is 6. The molecule has 3 aliphatic heterocycles. The second-order valence-corrected chi connectivity index (χ2v) is 24.6. The molecule has 6 heteroatoms. The van der Waals surface area contributed by atoms with Gasteiger partial charge in [-0.2, -0.15) is 0 Å². The highest BCUT2D eigenvalue weighted by molar-refractivity contribution is 7.21. The van der Waals surface area contributed by atoms with Crippen molar-refractivity contribution in [3.63, 3.8) is 0 Å². The van der Waals surface area contributed by atoms with Gasteiger partial charge in [0.2, 0.25) is 0 Å². The Hall–Kier alpha value is -6.76. The molecule has 4 nitrogen and oxygen atoms in total. The molecule has 0 unspecified atom stereocenters. The van der Waals surface area contributed by atoms with E-state index in [4.69, 9.17) is 8.83 Å². The Kier molecular flexibility index (Phi) is 7.50. The average Bonchev–Trinajstić information content (AvgIpc) is 3.87. The van der Waals surface area contributed by atoms with Crippen molar-refractivity contribution in [1.29, 1.82) is 0 Å². The average molecular weight is 845 g/mol. The van der Waals surface area contributed by atoms with Crippen LogP contribution >= 0.6 is 0 Å². The first kappa shape index (κ1) is 37.8. The Labute approximate surface area is 375 Å². The minimum absolute atomic E-state index is 0.0320. The lowest BCUT2D eigenvalue weighted by molar-refractivity contribution is 0.572. The summed E-state index contributed by atoms with van der Waals surface area (Å²) in [6.45, 7) is 18.5. The normalized spacial score (nSPS) is 14.9. The molecule has 0 bridgehead atoms. The summed E-state index contributed by atoms with van der Waals surface area (Å²) in [5.41, 5.74) is 18.3. The Morgan fingerprint density at radius 3 is 1.28 bits per heavy atom. The van der Waals surface area contributed by atoms with E-state index in [1.807, 2.05) is 0 Å². The first-order chi connectivity index (χ1) is 30.8. The number of hydrogen-bond acceptors (Lipinski definition) is 4. The molecule has 8 aromatic carbocycles. The summed E-state index contributed by atoms with van der Waals surface area (Å²) in [7, 11) is -2.62. The van der Waals surface area contributed by atoms with E-state index >= 15 is 0 Å². The highest BCUT2D eigenvalue weighted by Crippen LogP contribution is 2.50. The zero-order valence-corrected chi connectivity index (χ0v) is 38.7. The van der Waals surface area contributed by atoms with E-state index in [-0.39, 0.29) is 17.5 Å². The fourth-order valence-corrected chi connectivity index (χ4v) is 16.2. The van der Waals surface area contributed by atoms with Crippen molar-refractivity contribution in [2.75, 3.05) is 9.80 Å². The molecule has 2 aromatic heterocycles. The van der Waals surface area contributed by atoms with Crippen LogP contribution in [0.3, 0.4) is 0 Å². The molecule has 310 valence electrons. The quantitative estimate of drug-likeness (QED) is 0.166. The minimum Gasteiger partial charge on any atom is -0.454 e. The van der Waals surface area contributed by atoms with Gasteiger partial charge in [-0.05, 0) is 81.3 Å². The maximum Gasteiger partial charge on any atom is 0.251 e. The van der Waals surface area contributed by atoms with E-state index in [2.05, 4.69) is 216 Å². The number of aryl methyl sites for hydroxylation is 1. The van der Waals surface area contributed by atoms with Gasteiger partial charge in [0.1, 0.15) is 19.2 Å². The number of para-hydroxylation sites is 4. The van der Waals surface area contributed by atoms with Gasteiger partial charge >= 0.3 is 0 Å². The maximum absolute atomic E-state index is 7.21. The molecule has 64 heavy (non-hydrogen) atoms. The summed E-state index contributed by atoms with van der Waals surface area (Å²) in [6.07, 6.45) is 0. The molecule has 0 fully saturated rings. The highest BCUT2D eigenvalue weighted by atomic mass is 28.3. The monoisotopic (exact) mass is 844 g/mol. The molecule has 10 aromatic rings. The molecule has 0 atom stereocenters. The van der Waals surface area contributed by atoms with Gasteiger partial charge < -0.3 is 18.6 Å². The first-order valence-electron chi connectivity index (χ1n) is 22.8. The van der Waals surface area contributed by atoms with Crippen LogP contribution in [-0.2, 0) is 10.8 Å². The Morgan fingerprint density at radius 1 is 0.422 bits per heavy atom. The van der Waals surface area contributed by atoms with Gasteiger partial charge in [-0.25, -0.2) is 0 Å². The smallest absolute Gasteiger partial charge is 0.251 e. The summed E-state index contributed by atoms with van der Waals surface area (Å²) >= 11 is 0. The molecule has 0 aliphatic carbocycles. The van der Waals surface area contributed by atoms with Crippen LogP contribution in [0.4, 0.5) is 34.1 Å². The van der Waals surface area contributed by atoms with Gasteiger partial charge in [-0.3, -0.25) is 0 Å². The number of furan rings is 2. The lowest BCUT2D eigenvalue weighted by Gasteiger charge is -2.50. The molecule has 0 N–H and O–H groups in total. The zero-order valence-electron chi connectivity index (χ0n) is 37.7. The lowest BCUT2D eigenvalue weighted by atomic mass is 9.33. The summed E-state index contributed by atoms with van der Waals surface area (Å²) in [5, 5.41) is 8.94. The van der Waals surface area contributed by atoms with E-state index in [1.54, 1.807) is 0 Å². The van der Waals surface area contributed by atoms with Gasteiger partial charge in [0.15, 0.2) is 11.2 Å². The molecule has 5 heterocycles. The molecule has 13 rings (SSSR count). The molecular weight excluding hydrogens is 796 g/mol. The van der Waals surface area contributed by atoms with E-state index < -0.39 is 8.07 Å². The van der Waals surface area contributed by atoms with Crippen molar-refractivity contribution in [2.24, 2.45) is 0 Å². The molecular formula is C58H49BN2O2Si. The topological polar surface area (TPSA) is 32.8 Å². The molecule has 0 spiro atoms. The van der Waals surface area contributed by atoms with E-state index in [0.29, 0.717) is 0 Å². The fourth-order valence-electron chi connectivity index (χ4n) is 12.0. The van der Waals surface area contributed by atoms with Crippen molar-refractivity contribution in [3.8, 4) is 0 Å². The number of hydrogen-bond donors (Lipinski definition) is 0. The van der Waals surface area contributed by atoms with Gasteiger partial charge in [0.05, 0.1) is 11.4 Å². The van der Waals surface area contributed by atoms with Crippen LogP contribution in [0.1, 0.15) is 58.2 Å². The molecule has 0 amide bonds. The van der Waals surface area contributed by atoms with Crippen LogP contribution in [0, 0.1) is 6.92 Å². The first-order valence-corrected chi connectivity index (χ1v) is 25.3. The van der Waals surface area contributed by atoms with E-state index in [9.17, 15) is 0 Å².